The molecule has 0 heterocycles. The first-order valence-corrected chi connectivity index (χ1v) is 6.94. The van der Waals surface area contributed by atoms with Crippen LogP contribution in [0, 0.1) is 11.3 Å². The van der Waals surface area contributed by atoms with Gasteiger partial charge in [-0.3, -0.25) is 20.2 Å². The number of halogens is 1. The minimum absolute atomic E-state index is 0.268. The van der Waals surface area contributed by atoms with Crippen molar-refractivity contribution in [2.45, 2.75) is 20.4 Å². The lowest BCUT2D eigenvalue weighted by Gasteiger charge is -2.10. The molecular formula is C15H15ClN4O3. The predicted octanol–water partition coefficient (Wildman–Crippen LogP) is 1.60. The van der Waals surface area contributed by atoms with Crippen LogP contribution >= 0.6 is 11.6 Å². The lowest BCUT2D eigenvalue weighted by molar-refractivity contribution is -0.118. The van der Waals surface area contributed by atoms with Crippen LogP contribution in [-0.4, -0.2) is 17.8 Å². The first-order valence-electron chi connectivity index (χ1n) is 6.56. The van der Waals surface area contributed by atoms with Gasteiger partial charge in [0, 0.05) is 24.2 Å². The van der Waals surface area contributed by atoms with Crippen molar-refractivity contribution in [3.63, 3.8) is 0 Å². The maximum Gasteiger partial charge on any atom is 0.328 e. The van der Waals surface area contributed by atoms with Crippen molar-refractivity contribution in [1.29, 1.82) is 5.26 Å². The number of urea groups is 1. The molecule has 0 radical (unpaired) electrons. The highest BCUT2D eigenvalue weighted by molar-refractivity contribution is 6.31. The van der Waals surface area contributed by atoms with Crippen LogP contribution in [0.4, 0.5) is 4.79 Å². The van der Waals surface area contributed by atoms with Gasteiger partial charge in [0.05, 0.1) is 0 Å². The number of carbonyl (C=O) groups excluding carboxylic acids is 3. The summed E-state index contributed by atoms with van der Waals surface area (Å²) < 4.78 is 0. The minimum atomic E-state index is -0.992. The Morgan fingerprint density at radius 1 is 1.17 bits per heavy atom. The third kappa shape index (κ3) is 5.80. The highest BCUT2D eigenvalue weighted by Crippen LogP contribution is 2.15. The zero-order chi connectivity index (χ0) is 17.4. The van der Waals surface area contributed by atoms with Crippen LogP contribution in [0.5, 0.6) is 0 Å². The molecular weight excluding hydrogens is 320 g/mol. The quantitative estimate of drug-likeness (QED) is 0.572. The molecule has 0 saturated heterocycles. The number of carbonyl (C=O) groups is 3. The second-order valence-electron chi connectivity index (χ2n) is 4.52. The second-order valence-corrected chi connectivity index (χ2v) is 4.93. The summed E-state index contributed by atoms with van der Waals surface area (Å²) in [5.41, 5.74) is 0.803. The van der Waals surface area contributed by atoms with E-state index in [-0.39, 0.29) is 11.3 Å². The Bertz CT molecular complexity index is 707. The molecule has 0 saturated carbocycles. The van der Waals surface area contributed by atoms with Crippen molar-refractivity contribution in [2.75, 3.05) is 0 Å². The molecule has 7 nitrogen and oxygen atoms in total. The van der Waals surface area contributed by atoms with Gasteiger partial charge >= 0.3 is 6.03 Å². The van der Waals surface area contributed by atoms with Crippen LogP contribution in [0.1, 0.15) is 19.4 Å². The summed E-state index contributed by atoms with van der Waals surface area (Å²) in [6.45, 7) is 2.96. The summed E-state index contributed by atoms with van der Waals surface area (Å²) in [7, 11) is 0. The first-order chi connectivity index (χ1) is 10.8. The summed E-state index contributed by atoms with van der Waals surface area (Å²) in [4.78, 5) is 33.9. The number of imide groups is 2. The van der Waals surface area contributed by atoms with Crippen LogP contribution in [0.25, 0.3) is 0 Å². The molecule has 3 N–H and O–H groups in total. The Hall–Kier alpha value is -2.85. The van der Waals surface area contributed by atoms with Gasteiger partial charge in [0.2, 0.25) is 5.91 Å². The molecule has 0 fully saturated rings. The van der Waals surface area contributed by atoms with Crippen LogP contribution in [0.15, 0.2) is 35.5 Å². The largest absolute Gasteiger partial charge is 0.383 e. The van der Waals surface area contributed by atoms with Gasteiger partial charge in [-0.2, -0.15) is 5.26 Å². The Morgan fingerprint density at radius 2 is 1.83 bits per heavy atom. The predicted molar refractivity (Wildman–Crippen MR) is 84.0 cm³/mol. The third-order valence-electron chi connectivity index (χ3n) is 2.73. The number of nitrogens with zero attached hydrogens (tertiary/aromatic N) is 1. The summed E-state index contributed by atoms with van der Waals surface area (Å²) in [6.07, 6.45) is 0. The van der Waals surface area contributed by atoms with E-state index >= 15 is 0 Å². The van der Waals surface area contributed by atoms with E-state index in [4.69, 9.17) is 16.9 Å². The number of amides is 4. The number of hydrogen-bond acceptors (Lipinski definition) is 5. The lowest BCUT2D eigenvalue weighted by atomic mass is 10.2. The molecule has 0 aliphatic rings. The fourth-order valence-electron chi connectivity index (χ4n) is 1.62. The maximum absolute atomic E-state index is 11.9. The standard InChI is InChI=1S/C15H15ClN4O3/c1-9(18-8-11-5-3-4-6-13(11)16)12(7-17)14(22)20-15(23)19-10(2)21/h3-6,18H,8H2,1-2H3,(H2,19,20,21,22,23)/b12-9-. The molecule has 0 aliphatic heterocycles. The summed E-state index contributed by atoms with van der Waals surface area (Å²) in [6, 6.07) is 7.85. The molecule has 1 aromatic rings. The van der Waals surface area contributed by atoms with E-state index in [1.165, 1.54) is 6.92 Å². The maximum atomic E-state index is 11.9. The van der Waals surface area contributed by atoms with Gasteiger partial charge in [0.25, 0.3) is 5.91 Å². The Balaban J connectivity index is 2.77. The average molecular weight is 335 g/mol. The molecule has 0 atom stereocenters. The zero-order valence-electron chi connectivity index (χ0n) is 12.6. The normalized spacial score (nSPS) is 10.9. The molecule has 4 amide bonds. The minimum Gasteiger partial charge on any atom is -0.383 e. The fraction of sp³-hybridized carbons (Fsp3) is 0.200. The van der Waals surface area contributed by atoms with Crippen molar-refractivity contribution < 1.29 is 14.4 Å². The summed E-state index contributed by atoms with van der Waals surface area (Å²) in [5, 5.41) is 16.3. The first kappa shape index (κ1) is 18.2. The summed E-state index contributed by atoms with van der Waals surface area (Å²) in [5.74, 6) is -1.53. The van der Waals surface area contributed by atoms with Gasteiger partial charge in [-0.25, -0.2) is 4.79 Å². The zero-order valence-corrected chi connectivity index (χ0v) is 13.3. The highest BCUT2D eigenvalue weighted by Gasteiger charge is 2.16. The van der Waals surface area contributed by atoms with Gasteiger partial charge in [-0.1, -0.05) is 29.8 Å². The topological polar surface area (TPSA) is 111 Å². The average Bonchev–Trinajstić information content (AvgIpc) is 2.46. The number of benzene rings is 1. The van der Waals surface area contributed by atoms with Crippen molar-refractivity contribution >= 4 is 29.4 Å². The van der Waals surface area contributed by atoms with Crippen molar-refractivity contribution in [3.8, 4) is 6.07 Å². The lowest BCUT2D eigenvalue weighted by Crippen LogP contribution is -2.42. The van der Waals surface area contributed by atoms with E-state index in [0.29, 0.717) is 11.6 Å². The van der Waals surface area contributed by atoms with Gasteiger partial charge in [0.1, 0.15) is 11.6 Å². The SMILES string of the molecule is CC(=O)NC(=O)NC(=O)/C(C#N)=C(/C)NCc1ccccc1Cl. The van der Waals surface area contributed by atoms with Crippen LogP contribution in [0.3, 0.4) is 0 Å². The highest BCUT2D eigenvalue weighted by atomic mass is 35.5. The van der Waals surface area contributed by atoms with E-state index in [9.17, 15) is 14.4 Å². The van der Waals surface area contributed by atoms with E-state index in [2.05, 4.69) is 5.32 Å². The van der Waals surface area contributed by atoms with E-state index in [0.717, 1.165) is 12.5 Å². The van der Waals surface area contributed by atoms with E-state index < -0.39 is 17.8 Å². The molecule has 0 unspecified atom stereocenters. The van der Waals surface area contributed by atoms with Gasteiger partial charge in [-0.05, 0) is 18.6 Å². The van der Waals surface area contributed by atoms with Gasteiger partial charge < -0.3 is 5.32 Å². The number of nitrogens with one attached hydrogen (secondary N) is 3. The van der Waals surface area contributed by atoms with Crippen molar-refractivity contribution in [3.05, 3.63) is 46.1 Å². The Kier molecular flexibility index (Phi) is 6.77. The molecule has 23 heavy (non-hydrogen) atoms. The molecule has 1 aromatic carbocycles. The number of hydrogen-bond donors (Lipinski definition) is 3. The van der Waals surface area contributed by atoms with Crippen molar-refractivity contribution in [1.82, 2.24) is 16.0 Å². The molecule has 120 valence electrons. The molecule has 1 rings (SSSR count). The number of nitriles is 1. The number of rotatable bonds is 4. The van der Waals surface area contributed by atoms with Crippen LogP contribution < -0.4 is 16.0 Å². The molecule has 0 bridgehead atoms. The van der Waals surface area contributed by atoms with Crippen LogP contribution in [-0.2, 0) is 16.1 Å². The molecule has 0 aliphatic carbocycles. The number of allylic oxidation sites excluding steroid dienone is 1. The smallest absolute Gasteiger partial charge is 0.328 e. The van der Waals surface area contributed by atoms with Crippen LogP contribution in [0.2, 0.25) is 5.02 Å². The Labute approximate surface area is 138 Å². The molecule has 8 heteroatoms. The second kappa shape index (κ2) is 8.56. The van der Waals surface area contributed by atoms with E-state index in [1.807, 2.05) is 16.7 Å². The van der Waals surface area contributed by atoms with Gasteiger partial charge in [-0.15, -0.1) is 0 Å². The van der Waals surface area contributed by atoms with Crippen molar-refractivity contribution in [2.24, 2.45) is 0 Å². The van der Waals surface area contributed by atoms with Gasteiger partial charge in [0.15, 0.2) is 0 Å². The fourth-order valence-corrected chi connectivity index (χ4v) is 1.82. The molecule has 0 aromatic heterocycles. The monoisotopic (exact) mass is 334 g/mol. The third-order valence-corrected chi connectivity index (χ3v) is 3.10. The Morgan fingerprint density at radius 3 is 2.39 bits per heavy atom. The molecule has 0 spiro atoms. The van der Waals surface area contributed by atoms with E-state index in [1.54, 1.807) is 24.3 Å². The summed E-state index contributed by atoms with van der Waals surface area (Å²) >= 11 is 6.02.